The molecule has 15 heavy (non-hydrogen) atoms. The summed E-state index contributed by atoms with van der Waals surface area (Å²) in [5.74, 6) is 2.46. The van der Waals surface area contributed by atoms with Gasteiger partial charge in [0.25, 0.3) is 0 Å². The highest BCUT2D eigenvalue weighted by Gasteiger charge is 2.18. The van der Waals surface area contributed by atoms with Gasteiger partial charge in [0.1, 0.15) is 0 Å². The average molecular weight is 212 g/mol. The number of nitrogens with one attached hydrogen (secondary N) is 2. The SMILES string of the molecule is C#CCNC(=O)C(C)N[C@H](CO)C(C)C. The lowest BCUT2D eigenvalue weighted by Gasteiger charge is -2.23. The molecule has 1 amide bonds. The Morgan fingerprint density at radius 2 is 2.07 bits per heavy atom. The van der Waals surface area contributed by atoms with Gasteiger partial charge in [-0.15, -0.1) is 6.42 Å². The summed E-state index contributed by atoms with van der Waals surface area (Å²) in [6, 6.07) is -0.422. The molecule has 2 atom stereocenters. The molecule has 0 fully saturated rings. The third-order valence-corrected chi connectivity index (χ3v) is 2.22. The van der Waals surface area contributed by atoms with E-state index in [2.05, 4.69) is 16.6 Å². The van der Waals surface area contributed by atoms with E-state index in [0.717, 1.165) is 0 Å². The monoisotopic (exact) mass is 212 g/mol. The van der Waals surface area contributed by atoms with Crippen LogP contribution in [-0.4, -0.2) is 36.2 Å². The summed E-state index contributed by atoms with van der Waals surface area (Å²) >= 11 is 0. The molecule has 0 saturated carbocycles. The lowest BCUT2D eigenvalue weighted by atomic mass is 10.0. The molecule has 0 aromatic carbocycles. The second kappa shape index (κ2) is 7.27. The molecule has 0 spiro atoms. The minimum absolute atomic E-state index is 0.0183. The van der Waals surface area contributed by atoms with Crippen LogP contribution in [0.25, 0.3) is 0 Å². The van der Waals surface area contributed by atoms with Crippen LogP contribution in [0.5, 0.6) is 0 Å². The summed E-state index contributed by atoms with van der Waals surface area (Å²) in [5, 5.41) is 14.7. The van der Waals surface area contributed by atoms with Crippen LogP contribution in [0.3, 0.4) is 0 Å². The third kappa shape index (κ3) is 5.40. The number of carbonyl (C=O) groups is 1. The van der Waals surface area contributed by atoms with E-state index in [1.807, 2.05) is 13.8 Å². The van der Waals surface area contributed by atoms with Gasteiger partial charge in [-0.3, -0.25) is 4.79 Å². The van der Waals surface area contributed by atoms with Gasteiger partial charge in [0.15, 0.2) is 0 Å². The molecule has 3 N–H and O–H groups in total. The highest BCUT2D eigenvalue weighted by molar-refractivity contribution is 5.81. The van der Waals surface area contributed by atoms with E-state index in [1.54, 1.807) is 6.92 Å². The fraction of sp³-hybridized carbons (Fsp3) is 0.727. The smallest absolute Gasteiger partial charge is 0.237 e. The molecule has 0 bridgehead atoms. The Kier molecular flexibility index (Phi) is 6.76. The van der Waals surface area contributed by atoms with Gasteiger partial charge in [0.05, 0.1) is 19.2 Å². The molecule has 0 aliphatic heterocycles. The summed E-state index contributed by atoms with van der Waals surface area (Å²) < 4.78 is 0. The highest BCUT2D eigenvalue weighted by atomic mass is 16.3. The van der Waals surface area contributed by atoms with Gasteiger partial charge >= 0.3 is 0 Å². The zero-order valence-electron chi connectivity index (χ0n) is 9.58. The van der Waals surface area contributed by atoms with Crippen molar-refractivity contribution in [2.75, 3.05) is 13.2 Å². The van der Waals surface area contributed by atoms with Gasteiger partial charge in [0.2, 0.25) is 5.91 Å². The molecule has 0 aromatic heterocycles. The lowest BCUT2D eigenvalue weighted by Crippen LogP contribution is -2.49. The topological polar surface area (TPSA) is 61.4 Å². The number of terminal acetylenes is 1. The lowest BCUT2D eigenvalue weighted by molar-refractivity contribution is -0.122. The summed E-state index contributed by atoms with van der Waals surface area (Å²) in [7, 11) is 0. The maximum Gasteiger partial charge on any atom is 0.237 e. The number of carbonyl (C=O) groups excluding carboxylic acids is 1. The summed E-state index contributed by atoms with van der Waals surface area (Å²) in [6.45, 7) is 5.97. The zero-order valence-corrected chi connectivity index (χ0v) is 9.58. The van der Waals surface area contributed by atoms with Crippen molar-refractivity contribution in [3.8, 4) is 12.3 Å². The Hall–Kier alpha value is -1.05. The van der Waals surface area contributed by atoms with Gasteiger partial charge in [0, 0.05) is 6.04 Å². The Morgan fingerprint density at radius 1 is 1.47 bits per heavy atom. The summed E-state index contributed by atoms with van der Waals surface area (Å²) in [5.41, 5.74) is 0. The number of rotatable bonds is 6. The van der Waals surface area contributed by atoms with Crippen LogP contribution in [0.4, 0.5) is 0 Å². The Morgan fingerprint density at radius 3 is 2.47 bits per heavy atom. The van der Waals surface area contributed by atoms with Crippen molar-refractivity contribution in [3.63, 3.8) is 0 Å². The first-order valence-corrected chi connectivity index (χ1v) is 5.11. The van der Waals surface area contributed by atoms with Crippen LogP contribution in [0, 0.1) is 18.3 Å². The van der Waals surface area contributed by atoms with Gasteiger partial charge in [-0.05, 0) is 12.8 Å². The summed E-state index contributed by atoms with van der Waals surface area (Å²) in [6.07, 6.45) is 5.03. The highest BCUT2D eigenvalue weighted by Crippen LogP contribution is 2.01. The van der Waals surface area contributed by atoms with Crippen LogP contribution >= 0.6 is 0 Å². The number of aliphatic hydroxyl groups excluding tert-OH is 1. The van der Waals surface area contributed by atoms with Crippen LogP contribution in [0.15, 0.2) is 0 Å². The maximum absolute atomic E-state index is 11.4. The minimum atomic E-state index is -0.349. The van der Waals surface area contributed by atoms with E-state index in [-0.39, 0.29) is 37.1 Å². The van der Waals surface area contributed by atoms with Crippen molar-refractivity contribution in [1.29, 1.82) is 0 Å². The molecular weight excluding hydrogens is 192 g/mol. The van der Waals surface area contributed by atoms with Gasteiger partial charge in [-0.1, -0.05) is 19.8 Å². The first-order valence-electron chi connectivity index (χ1n) is 5.11. The van der Waals surface area contributed by atoms with Crippen molar-refractivity contribution >= 4 is 5.91 Å². The molecule has 86 valence electrons. The quantitative estimate of drug-likeness (QED) is 0.531. The normalized spacial score (nSPS) is 14.4. The van der Waals surface area contributed by atoms with Crippen molar-refractivity contribution in [3.05, 3.63) is 0 Å². The third-order valence-electron chi connectivity index (χ3n) is 2.22. The van der Waals surface area contributed by atoms with Crippen molar-refractivity contribution in [2.45, 2.75) is 32.9 Å². The van der Waals surface area contributed by atoms with Crippen LogP contribution < -0.4 is 10.6 Å². The average Bonchev–Trinajstić information content (AvgIpc) is 2.21. The predicted octanol–water partition coefficient (Wildman–Crippen LogP) is -0.269. The Bertz CT molecular complexity index is 233. The Labute approximate surface area is 91.4 Å². The minimum Gasteiger partial charge on any atom is -0.395 e. The Balaban J connectivity index is 4.05. The fourth-order valence-corrected chi connectivity index (χ4v) is 1.14. The molecule has 0 heterocycles. The fourth-order valence-electron chi connectivity index (χ4n) is 1.14. The predicted molar refractivity (Wildman–Crippen MR) is 60.2 cm³/mol. The maximum atomic E-state index is 11.4. The van der Waals surface area contributed by atoms with Crippen molar-refractivity contribution < 1.29 is 9.90 Å². The number of hydrogen-bond donors (Lipinski definition) is 3. The van der Waals surface area contributed by atoms with Gasteiger partial charge in [-0.2, -0.15) is 0 Å². The van der Waals surface area contributed by atoms with Crippen LogP contribution in [-0.2, 0) is 4.79 Å². The first kappa shape index (κ1) is 13.9. The molecule has 0 rings (SSSR count). The molecule has 0 aliphatic rings. The second-order valence-electron chi connectivity index (χ2n) is 3.84. The molecule has 0 saturated heterocycles. The second-order valence-corrected chi connectivity index (χ2v) is 3.84. The van der Waals surface area contributed by atoms with Crippen molar-refractivity contribution in [1.82, 2.24) is 10.6 Å². The van der Waals surface area contributed by atoms with Crippen LogP contribution in [0.1, 0.15) is 20.8 Å². The number of amides is 1. The van der Waals surface area contributed by atoms with E-state index < -0.39 is 0 Å². The molecular formula is C11H20N2O2. The first-order chi connectivity index (χ1) is 7.02. The summed E-state index contributed by atoms with van der Waals surface area (Å²) in [4.78, 5) is 11.4. The molecule has 0 aromatic rings. The molecule has 4 nitrogen and oxygen atoms in total. The van der Waals surface area contributed by atoms with E-state index >= 15 is 0 Å². The molecule has 0 radical (unpaired) electrons. The van der Waals surface area contributed by atoms with E-state index in [1.165, 1.54) is 0 Å². The van der Waals surface area contributed by atoms with Gasteiger partial charge in [-0.25, -0.2) is 0 Å². The van der Waals surface area contributed by atoms with Gasteiger partial charge < -0.3 is 15.7 Å². The number of aliphatic hydroxyl groups is 1. The van der Waals surface area contributed by atoms with E-state index in [0.29, 0.717) is 0 Å². The number of hydrogen-bond acceptors (Lipinski definition) is 3. The standard InChI is InChI=1S/C11H20N2O2/c1-5-6-12-11(15)9(4)13-10(7-14)8(2)3/h1,8-10,13-14H,6-7H2,2-4H3,(H,12,15)/t9?,10-/m1/s1. The zero-order chi connectivity index (χ0) is 11.8. The molecule has 0 aliphatic carbocycles. The van der Waals surface area contributed by atoms with Crippen molar-refractivity contribution in [2.24, 2.45) is 5.92 Å². The van der Waals surface area contributed by atoms with Crippen LogP contribution in [0.2, 0.25) is 0 Å². The largest absolute Gasteiger partial charge is 0.395 e. The molecule has 4 heteroatoms. The van der Waals surface area contributed by atoms with E-state index in [9.17, 15) is 4.79 Å². The van der Waals surface area contributed by atoms with E-state index in [4.69, 9.17) is 11.5 Å². The molecule has 1 unspecified atom stereocenters.